The molecule has 3 aromatic rings. The Morgan fingerprint density at radius 2 is 2.03 bits per heavy atom. The summed E-state index contributed by atoms with van der Waals surface area (Å²) in [4.78, 5) is 6.51. The number of aromatic amines is 1. The predicted molar refractivity (Wildman–Crippen MR) is 117 cm³/mol. The zero-order chi connectivity index (χ0) is 19.6. The number of fused-ring (bicyclic) bond motifs is 4. The van der Waals surface area contributed by atoms with Crippen molar-refractivity contribution in [3.05, 3.63) is 64.8 Å². The number of H-pyrrole nitrogens is 1. The minimum absolute atomic E-state index is 0.126. The normalized spacial score (nSPS) is 27.0. The van der Waals surface area contributed by atoms with E-state index in [-0.39, 0.29) is 5.41 Å². The molecule has 3 aliphatic rings. The molecular formula is C26H30N2O. The first-order chi connectivity index (χ1) is 14.1. The molecule has 1 saturated heterocycles. The fourth-order valence-corrected chi connectivity index (χ4v) is 6.26. The monoisotopic (exact) mass is 386 g/mol. The first kappa shape index (κ1) is 17.6. The molecule has 2 atom stereocenters. The Morgan fingerprint density at radius 3 is 2.86 bits per heavy atom. The molecule has 0 amide bonds. The molecule has 2 heterocycles. The third-order valence-corrected chi connectivity index (χ3v) is 7.94. The smallest absolute Gasteiger partial charge is 0.115 e. The van der Waals surface area contributed by atoms with Gasteiger partial charge in [-0.2, -0.15) is 0 Å². The summed E-state index contributed by atoms with van der Waals surface area (Å²) in [5.41, 5.74) is 7.09. The molecule has 2 N–H and O–H groups in total. The second-order valence-corrected chi connectivity index (χ2v) is 9.82. The highest BCUT2D eigenvalue weighted by Crippen LogP contribution is 2.50. The molecule has 2 fully saturated rings. The van der Waals surface area contributed by atoms with Crippen LogP contribution in [0, 0.1) is 18.8 Å². The third kappa shape index (κ3) is 2.82. The molecule has 1 aliphatic heterocycles. The van der Waals surface area contributed by atoms with Gasteiger partial charge in [0.1, 0.15) is 5.75 Å². The Balaban J connectivity index is 1.46. The number of benzene rings is 2. The van der Waals surface area contributed by atoms with E-state index in [9.17, 15) is 5.11 Å². The molecule has 1 aromatic heterocycles. The van der Waals surface area contributed by atoms with Gasteiger partial charge in [-0.05, 0) is 92.3 Å². The van der Waals surface area contributed by atoms with Gasteiger partial charge in [0.25, 0.3) is 0 Å². The molecule has 150 valence electrons. The van der Waals surface area contributed by atoms with Gasteiger partial charge in [0, 0.05) is 35.1 Å². The van der Waals surface area contributed by atoms with Crippen molar-refractivity contribution in [3.63, 3.8) is 0 Å². The molecule has 1 saturated carbocycles. The van der Waals surface area contributed by atoms with Gasteiger partial charge in [-0.25, -0.2) is 0 Å². The molecule has 0 spiro atoms. The van der Waals surface area contributed by atoms with Gasteiger partial charge >= 0.3 is 0 Å². The molecule has 6 rings (SSSR count). The van der Waals surface area contributed by atoms with Crippen LogP contribution in [0.4, 0.5) is 0 Å². The van der Waals surface area contributed by atoms with E-state index in [1.54, 1.807) is 11.6 Å². The minimum atomic E-state index is 0.126. The zero-order valence-electron chi connectivity index (χ0n) is 17.2. The highest BCUT2D eigenvalue weighted by atomic mass is 16.3. The number of likely N-dealkylation sites (tertiary alicyclic amines) is 1. The van der Waals surface area contributed by atoms with Crippen LogP contribution in [0.2, 0.25) is 0 Å². The SMILES string of the molecule is Cc1cccc2[nH]c3c(c12)CC1CN(CC2CC2)CCC1(c1cccc(O)c1)C3. The maximum Gasteiger partial charge on any atom is 0.115 e. The van der Waals surface area contributed by atoms with Gasteiger partial charge in [0.15, 0.2) is 0 Å². The van der Waals surface area contributed by atoms with Crippen LogP contribution in [-0.2, 0) is 18.3 Å². The van der Waals surface area contributed by atoms with Crippen molar-refractivity contribution >= 4 is 10.9 Å². The lowest BCUT2D eigenvalue weighted by molar-refractivity contribution is 0.0783. The molecule has 2 aromatic carbocycles. The summed E-state index contributed by atoms with van der Waals surface area (Å²) >= 11 is 0. The standard InChI is InChI=1S/C26H30N2O/c1-17-4-2-7-23-25(17)22-13-20-16-28(15-18-8-9-18)11-10-26(20,14-24(22)27-23)19-5-3-6-21(29)12-19/h2-7,12,18,20,27,29H,8-11,13-16H2,1H3. The van der Waals surface area contributed by atoms with E-state index in [1.165, 1.54) is 66.6 Å². The van der Waals surface area contributed by atoms with Crippen molar-refractivity contribution in [1.82, 2.24) is 9.88 Å². The van der Waals surface area contributed by atoms with E-state index in [0.717, 1.165) is 18.8 Å². The van der Waals surface area contributed by atoms with Crippen LogP contribution < -0.4 is 0 Å². The number of hydrogen-bond donors (Lipinski definition) is 2. The van der Waals surface area contributed by atoms with Crippen LogP contribution in [-0.4, -0.2) is 34.6 Å². The van der Waals surface area contributed by atoms with E-state index in [1.807, 2.05) is 12.1 Å². The summed E-state index contributed by atoms with van der Waals surface area (Å²) in [7, 11) is 0. The number of aromatic hydroxyl groups is 1. The number of hydrogen-bond acceptors (Lipinski definition) is 2. The second kappa shape index (κ2) is 6.37. The van der Waals surface area contributed by atoms with Gasteiger partial charge in [-0.3, -0.25) is 0 Å². The van der Waals surface area contributed by atoms with Gasteiger partial charge in [-0.1, -0.05) is 24.3 Å². The Bertz CT molecular complexity index is 1080. The molecule has 2 unspecified atom stereocenters. The lowest BCUT2D eigenvalue weighted by Crippen LogP contribution is -2.54. The molecular weight excluding hydrogens is 356 g/mol. The van der Waals surface area contributed by atoms with Crippen LogP contribution >= 0.6 is 0 Å². The largest absolute Gasteiger partial charge is 0.508 e. The summed E-state index contributed by atoms with van der Waals surface area (Å²) in [6.07, 6.45) is 6.22. The Labute approximate surface area is 172 Å². The number of aromatic nitrogens is 1. The molecule has 3 heteroatoms. The highest BCUT2D eigenvalue weighted by Gasteiger charge is 2.48. The maximum atomic E-state index is 10.2. The summed E-state index contributed by atoms with van der Waals surface area (Å²) in [5, 5.41) is 11.7. The average molecular weight is 387 g/mol. The molecule has 0 radical (unpaired) electrons. The topological polar surface area (TPSA) is 39.3 Å². The molecule has 29 heavy (non-hydrogen) atoms. The lowest BCUT2D eigenvalue weighted by Gasteiger charge is -2.51. The van der Waals surface area contributed by atoms with Crippen LogP contribution in [0.3, 0.4) is 0 Å². The quantitative estimate of drug-likeness (QED) is 0.668. The summed E-state index contributed by atoms with van der Waals surface area (Å²) in [5.74, 6) is 1.94. The van der Waals surface area contributed by atoms with E-state index in [4.69, 9.17) is 0 Å². The Morgan fingerprint density at radius 1 is 1.17 bits per heavy atom. The van der Waals surface area contributed by atoms with Crippen molar-refractivity contribution in [2.45, 2.75) is 44.4 Å². The van der Waals surface area contributed by atoms with E-state index in [2.05, 4.69) is 41.1 Å². The fraction of sp³-hybridized carbons (Fsp3) is 0.462. The van der Waals surface area contributed by atoms with Gasteiger partial charge in [0.2, 0.25) is 0 Å². The lowest BCUT2D eigenvalue weighted by atomic mass is 9.58. The molecule has 2 aliphatic carbocycles. The maximum absolute atomic E-state index is 10.2. The first-order valence-electron chi connectivity index (χ1n) is 11.2. The number of nitrogens with zero attached hydrogens (tertiary/aromatic N) is 1. The van der Waals surface area contributed by atoms with Crippen molar-refractivity contribution in [3.8, 4) is 5.75 Å². The Hall–Kier alpha value is -2.26. The minimum Gasteiger partial charge on any atom is -0.508 e. The van der Waals surface area contributed by atoms with Crippen LogP contribution in [0.5, 0.6) is 5.75 Å². The summed E-state index contributed by atoms with van der Waals surface area (Å²) in [6.45, 7) is 5.89. The van der Waals surface area contributed by atoms with Crippen molar-refractivity contribution in [1.29, 1.82) is 0 Å². The van der Waals surface area contributed by atoms with E-state index >= 15 is 0 Å². The third-order valence-electron chi connectivity index (χ3n) is 7.94. The average Bonchev–Trinajstić information content (AvgIpc) is 3.45. The molecule has 3 nitrogen and oxygen atoms in total. The number of phenolic OH excluding ortho intramolecular Hbond substituents is 1. The predicted octanol–water partition coefficient (Wildman–Crippen LogP) is 4.95. The highest BCUT2D eigenvalue weighted by molar-refractivity contribution is 5.88. The number of rotatable bonds is 3. The van der Waals surface area contributed by atoms with Gasteiger partial charge in [0.05, 0.1) is 0 Å². The van der Waals surface area contributed by atoms with Gasteiger partial charge < -0.3 is 15.0 Å². The van der Waals surface area contributed by atoms with Crippen molar-refractivity contribution < 1.29 is 5.11 Å². The molecule has 0 bridgehead atoms. The van der Waals surface area contributed by atoms with Crippen LogP contribution in [0.15, 0.2) is 42.5 Å². The summed E-state index contributed by atoms with van der Waals surface area (Å²) < 4.78 is 0. The first-order valence-corrected chi connectivity index (χ1v) is 11.2. The number of piperidine rings is 1. The zero-order valence-corrected chi connectivity index (χ0v) is 17.2. The number of aryl methyl sites for hydroxylation is 1. The van der Waals surface area contributed by atoms with E-state index in [0.29, 0.717) is 11.7 Å². The Kier molecular flexibility index (Phi) is 3.86. The number of phenols is 1. The van der Waals surface area contributed by atoms with E-state index < -0.39 is 0 Å². The fourth-order valence-electron chi connectivity index (χ4n) is 6.26. The van der Waals surface area contributed by atoms with Crippen LogP contribution in [0.25, 0.3) is 10.9 Å². The summed E-state index contributed by atoms with van der Waals surface area (Å²) in [6, 6.07) is 14.7. The van der Waals surface area contributed by atoms with Crippen molar-refractivity contribution in [2.75, 3.05) is 19.6 Å². The van der Waals surface area contributed by atoms with Crippen LogP contribution in [0.1, 0.15) is 41.6 Å². The van der Waals surface area contributed by atoms with Crippen molar-refractivity contribution in [2.24, 2.45) is 11.8 Å². The number of nitrogens with one attached hydrogen (secondary N) is 1. The van der Waals surface area contributed by atoms with Gasteiger partial charge in [-0.15, -0.1) is 0 Å². The second-order valence-electron chi connectivity index (χ2n) is 9.82.